The molecule has 1 aromatic heterocycles. The van der Waals surface area contributed by atoms with E-state index in [1.54, 1.807) is 25.4 Å². The van der Waals surface area contributed by atoms with Gasteiger partial charge < -0.3 is 15.4 Å². The van der Waals surface area contributed by atoms with E-state index in [2.05, 4.69) is 20.5 Å². The number of nitrogens with one attached hydrogen (secondary N) is 2. The highest BCUT2D eigenvalue weighted by Gasteiger charge is 2.41. The minimum Gasteiger partial charge on any atom is -0.379 e. The molecule has 158 valence electrons. The first-order chi connectivity index (χ1) is 14.5. The molecule has 1 fully saturated rings. The van der Waals surface area contributed by atoms with E-state index < -0.39 is 5.54 Å². The van der Waals surface area contributed by atoms with E-state index in [0.29, 0.717) is 31.2 Å². The van der Waals surface area contributed by atoms with Crippen molar-refractivity contribution in [2.45, 2.75) is 12.5 Å². The summed E-state index contributed by atoms with van der Waals surface area (Å²) in [4.78, 5) is 24.6. The van der Waals surface area contributed by atoms with E-state index >= 15 is 0 Å². The van der Waals surface area contributed by atoms with Crippen molar-refractivity contribution in [1.29, 1.82) is 0 Å². The molecule has 0 spiro atoms. The lowest BCUT2D eigenvalue weighted by Crippen LogP contribution is -2.48. The quantitative estimate of drug-likeness (QED) is 0.759. The summed E-state index contributed by atoms with van der Waals surface area (Å²) in [6.45, 7) is 5.31. The number of morpholine rings is 1. The van der Waals surface area contributed by atoms with E-state index in [1.165, 1.54) is 23.5 Å². The van der Waals surface area contributed by atoms with Gasteiger partial charge in [-0.3, -0.25) is 9.69 Å². The Morgan fingerprint density at radius 2 is 2.07 bits per heavy atom. The van der Waals surface area contributed by atoms with Crippen LogP contribution in [0.2, 0.25) is 0 Å². The number of ether oxygens (including phenoxy) is 1. The van der Waals surface area contributed by atoms with Crippen molar-refractivity contribution < 1.29 is 13.9 Å². The van der Waals surface area contributed by atoms with Gasteiger partial charge in [-0.15, -0.1) is 11.3 Å². The van der Waals surface area contributed by atoms with Crippen LogP contribution in [0.1, 0.15) is 17.5 Å². The molecule has 4 rings (SSSR count). The van der Waals surface area contributed by atoms with Crippen LogP contribution in [0.4, 0.5) is 4.39 Å². The topological polar surface area (TPSA) is 78.9 Å². The number of amides is 1. The molecule has 9 heteroatoms. The van der Waals surface area contributed by atoms with Gasteiger partial charge in [0.1, 0.15) is 11.4 Å². The molecule has 0 saturated carbocycles. The van der Waals surface area contributed by atoms with Crippen LogP contribution in [0.5, 0.6) is 0 Å². The number of benzene rings is 1. The second-order valence-electron chi connectivity index (χ2n) is 7.32. The molecule has 2 N–H and O–H groups in total. The summed E-state index contributed by atoms with van der Waals surface area (Å²) in [7, 11) is 1.60. The van der Waals surface area contributed by atoms with Gasteiger partial charge in [-0.2, -0.15) is 0 Å². The highest BCUT2D eigenvalue weighted by Crippen LogP contribution is 2.38. The van der Waals surface area contributed by atoms with Crippen molar-refractivity contribution in [3.05, 3.63) is 63.5 Å². The van der Waals surface area contributed by atoms with Crippen molar-refractivity contribution in [2.75, 3.05) is 39.9 Å². The molecule has 1 unspecified atom stereocenters. The lowest BCUT2D eigenvalue weighted by atomic mass is 9.81. The third kappa shape index (κ3) is 4.00. The molecule has 2 aromatic rings. The van der Waals surface area contributed by atoms with E-state index in [-0.39, 0.29) is 11.7 Å². The standard InChI is InChI=1S/C21H24FN5O2S/c1-21(14-3-5-15(22)6-4-14)17(19(28)23-2)16(13-27-8-10-29-11-9-27)25-18(26-21)20-24-7-12-30-20/h3-7,12H,8-11,13H2,1-2H3,(H,23,28)(H,25,26). The molecule has 3 heterocycles. The van der Waals surface area contributed by atoms with Crippen LogP contribution in [0.25, 0.3) is 0 Å². The van der Waals surface area contributed by atoms with Crippen LogP contribution in [0, 0.1) is 5.82 Å². The normalized spacial score (nSPS) is 22.4. The van der Waals surface area contributed by atoms with Crippen LogP contribution >= 0.6 is 11.3 Å². The highest BCUT2D eigenvalue weighted by molar-refractivity contribution is 7.11. The first kappa shape index (κ1) is 20.6. The van der Waals surface area contributed by atoms with Gasteiger partial charge in [0.15, 0.2) is 10.8 Å². The summed E-state index contributed by atoms with van der Waals surface area (Å²) in [6.07, 6.45) is 1.72. The Morgan fingerprint density at radius 3 is 2.70 bits per heavy atom. The van der Waals surface area contributed by atoms with Gasteiger partial charge in [0.2, 0.25) is 0 Å². The molecule has 7 nitrogen and oxygen atoms in total. The minimum atomic E-state index is -0.998. The molecule has 1 amide bonds. The van der Waals surface area contributed by atoms with Gasteiger partial charge in [-0.1, -0.05) is 12.1 Å². The average molecular weight is 430 g/mol. The number of carbonyl (C=O) groups is 1. The number of hydrogen-bond donors (Lipinski definition) is 2. The number of halogens is 1. The number of aromatic nitrogens is 1. The summed E-state index contributed by atoms with van der Waals surface area (Å²) in [6, 6.07) is 6.15. The molecule has 30 heavy (non-hydrogen) atoms. The van der Waals surface area contributed by atoms with Crippen molar-refractivity contribution in [2.24, 2.45) is 4.99 Å². The second-order valence-corrected chi connectivity index (χ2v) is 8.22. The molecular weight excluding hydrogens is 405 g/mol. The van der Waals surface area contributed by atoms with Gasteiger partial charge in [-0.05, 0) is 24.6 Å². The predicted molar refractivity (Wildman–Crippen MR) is 114 cm³/mol. The van der Waals surface area contributed by atoms with Crippen LogP contribution in [-0.2, 0) is 15.1 Å². The number of aliphatic imine (C=N–C) groups is 1. The highest BCUT2D eigenvalue weighted by atomic mass is 32.1. The summed E-state index contributed by atoms with van der Waals surface area (Å²) >= 11 is 1.47. The lowest BCUT2D eigenvalue weighted by molar-refractivity contribution is -0.117. The summed E-state index contributed by atoms with van der Waals surface area (Å²) in [5, 5.41) is 8.73. The third-order valence-electron chi connectivity index (χ3n) is 5.37. The zero-order valence-electron chi connectivity index (χ0n) is 16.9. The molecule has 1 saturated heterocycles. The molecule has 1 aromatic carbocycles. The van der Waals surface area contributed by atoms with Crippen LogP contribution in [0.15, 0.2) is 52.1 Å². The van der Waals surface area contributed by atoms with Gasteiger partial charge in [0.25, 0.3) is 5.91 Å². The maximum Gasteiger partial charge on any atom is 0.251 e. The molecule has 0 bridgehead atoms. The van der Waals surface area contributed by atoms with Gasteiger partial charge >= 0.3 is 0 Å². The SMILES string of the molecule is CNC(=O)C1=C(CN2CCOCC2)NC(c2nccs2)=NC1(C)c1ccc(F)cc1. The molecule has 0 aliphatic carbocycles. The molecule has 2 aliphatic heterocycles. The Morgan fingerprint density at radius 1 is 1.33 bits per heavy atom. The Labute approximate surface area is 178 Å². The zero-order valence-corrected chi connectivity index (χ0v) is 17.8. The minimum absolute atomic E-state index is 0.223. The van der Waals surface area contributed by atoms with Crippen molar-refractivity contribution >= 4 is 23.1 Å². The third-order valence-corrected chi connectivity index (χ3v) is 6.15. The largest absolute Gasteiger partial charge is 0.379 e. The smallest absolute Gasteiger partial charge is 0.251 e. The molecular formula is C21H24FN5O2S. The molecule has 0 radical (unpaired) electrons. The van der Waals surface area contributed by atoms with E-state index in [0.717, 1.165) is 29.4 Å². The van der Waals surface area contributed by atoms with Gasteiger partial charge in [0, 0.05) is 44.0 Å². The maximum atomic E-state index is 13.6. The number of nitrogens with zero attached hydrogens (tertiary/aromatic N) is 3. The van der Waals surface area contributed by atoms with Gasteiger partial charge in [-0.25, -0.2) is 14.4 Å². The fourth-order valence-electron chi connectivity index (χ4n) is 3.82. The number of thiazole rings is 1. The average Bonchev–Trinajstić information content (AvgIpc) is 3.29. The first-order valence-electron chi connectivity index (χ1n) is 9.80. The summed E-state index contributed by atoms with van der Waals surface area (Å²) in [5.41, 5.74) is 1.02. The first-order valence-corrected chi connectivity index (χ1v) is 10.7. The fourth-order valence-corrected chi connectivity index (χ4v) is 4.40. The Hall–Kier alpha value is -2.62. The summed E-state index contributed by atoms with van der Waals surface area (Å²) in [5.74, 6) is 0.0479. The Balaban J connectivity index is 1.84. The number of hydrogen-bond acceptors (Lipinski definition) is 7. The zero-order chi connectivity index (χ0) is 21.1. The summed E-state index contributed by atoms with van der Waals surface area (Å²) < 4.78 is 19.1. The Bertz CT molecular complexity index is 968. The number of rotatable bonds is 5. The van der Waals surface area contributed by atoms with E-state index in [1.807, 2.05) is 12.3 Å². The second kappa shape index (κ2) is 8.63. The van der Waals surface area contributed by atoms with Crippen LogP contribution in [0.3, 0.4) is 0 Å². The van der Waals surface area contributed by atoms with Gasteiger partial charge in [0.05, 0.1) is 18.8 Å². The monoisotopic (exact) mass is 429 g/mol. The van der Waals surface area contributed by atoms with E-state index in [4.69, 9.17) is 9.73 Å². The van der Waals surface area contributed by atoms with Crippen molar-refractivity contribution in [1.82, 2.24) is 20.5 Å². The van der Waals surface area contributed by atoms with Crippen LogP contribution < -0.4 is 10.6 Å². The Kier molecular flexibility index (Phi) is 5.94. The molecule has 1 atom stereocenters. The number of carbonyl (C=O) groups excluding carboxylic acids is 1. The fraction of sp³-hybridized carbons (Fsp3) is 0.381. The van der Waals surface area contributed by atoms with Crippen molar-refractivity contribution in [3.8, 4) is 0 Å². The van der Waals surface area contributed by atoms with Crippen LogP contribution in [-0.4, -0.2) is 61.5 Å². The van der Waals surface area contributed by atoms with Crippen molar-refractivity contribution in [3.63, 3.8) is 0 Å². The number of amidine groups is 1. The maximum absolute atomic E-state index is 13.6. The molecule has 2 aliphatic rings. The lowest BCUT2D eigenvalue weighted by Gasteiger charge is -2.37. The van der Waals surface area contributed by atoms with E-state index in [9.17, 15) is 9.18 Å². The number of likely N-dealkylation sites (N-methyl/N-ethyl adjacent to an activating group) is 1. The predicted octanol–water partition coefficient (Wildman–Crippen LogP) is 1.88.